The topological polar surface area (TPSA) is 41.1 Å². The van der Waals surface area contributed by atoms with Gasteiger partial charge in [-0.05, 0) is 13.3 Å². The number of halogens is 3. The summed E-state index contributed by atoms with van der Waals surface area (Å²) in [4.78, 5) is 11.3. The van der Waals surface area contributed by atoms with Crippen LogP contribution < -0.4 is 10.6 Å². The summed E-state index contributed by atoms with van der Waals surface area (Å²) in [6, 6.07) is -0.816. The largest absolute Gasteiger partial charge is 0.401 e. The number of unbranched alkanes of at least 4 members (excludes halogenated alkanes) is 2. The highest BCUT2D eigenvalue weighted by molar-refractivity contribution is 5.81. The molecule has 1 unspecified atom stereocenters. The lowest BCUT2D eigenvalue weighted by atomic mass is 10.2. The molecule has 0 saturated carbocycles. The summed E-state index contributed by atoms with van der Waals surface area (Å²) < 4.78 is 35.5. The molecule has 0 fully saturated rings. The highest BCUT2D eigenvalue weighted by Gasteiger charge is 2.28. The monoisotopic (exact) mass is 240 g/mol. The number of carbonyl (C=O) groups excluding carboxylic acids is 1. The smallest absolute Gasteiger partial charge is 0.355 e. The molecule has 0 aromatic heterocycles. The van der Waals surface area contributed by atoms with E-state index in [1.165, 1.54) is 6.92 Å². The molecule has 96 valence electrons. The van der Waals surface area contributed by atoms with Crippen LogP contribution >= 0.6 is 0 Å². The van der Waals surface area contributed by atoms with Crippen molar-refractivity contribution in [1.29, 1.82) is 0 Å². The molecular formula is C10H19F3N2O. The van der Waals surface area contributed by atoms with Gasteiger partial charge in [0.25, 0.3) is 0 Å². The van der Waals surface area contributed by atoms with Crippen molar-refractivity contribution >= 4 is 5.91 Å². The minimum absolute atomic E-state index is 0.389. The molecule has 0 heterocycles. The number of alkyl halides is 3. The molecule has 3 nitrogen and oxygen atoms in total. The molecule has 0 radical (unpaired) electrons. The lowest BCUT2D eigenvalue weighted by molar-refractivity contribution is -0.131. The summed E-state index contributed by atoms with van der Waals surface area (Å²) in [7, 11) is 0. The van der Waals surface area contributed by atoms with E-state index < -0.39 is 18.8 Å². The van der Waals surface area contributed by atoms with Gasteiger partial charge in [0.15, 0.2) is 0 Å². The lowest BCUT2D eigenvalue weighted by Gasteiger charge is -2.15. The Kier molecular flexibility index (Phi) is 7.12. The number of amides is 1. The van der Waals surface area contributed by atoms with Crippen molar-refractivity contribution < 1.29 is 18.0 Å². The summed E-state index contributed by atoms with van der Waals surface area (Å²) in [6.07, 6.45) is -1.38. The molecule has 0 bridgehead atoms. The van der Waals surface area contributed by atoms with Gasteiger partial charge in [0.05, 0.1) is 12.6 Å². The first kappa shape index (κ1) is 15.2. The van der Waals surface area contributed by atoms with Gasteiger partial charge in [-0.1, -0.05) is 19.8 Å². The molecule has 0 aromatic carbocycles. The predicted octanol–water partition coefficient (Wildman–Crippen LogP) is 1.83. The molecular weight excluding hydrogens is 221 g/mol. The van der Waals surface area contributed by atoms with Crippen LogP contribution in [0.5, 0.6) is 0 Å². The number of nitrogens with one attached hydrogen (secondary N) is 2. The van der Waals surface area contributed by atoms with Crippen molar-refractivity contribution in [2.24, 2.45) is 0 Å². The number of hydrogen-bond acceptors (Lipinski definition) is 2. The summed E-state index contributed by atoms with van der Waals surface area (Å²) in [5, 5.41) is 4.71. The fourth-order valence-corrected chi connectivity index (χ4v) is 1.10. The van der Waals surface area contributed by atoms with E-state index in [9.17, 15) is 18.0 Å². The molecule has 0 spiro atoms. The van der Waals surface area contributed by atoms with Gasteiger partial charge in [-0.3, -0.25) is 10.1 Å². The first-order valence-corrected chi connectivity index (χ1v) is 5.44. The second-order valence-electron chi connectivity index (χ2n) is 3.72. The summed E-state index contributed by atoms with van der Waals surface area (Å²) >= 11 is 0. The molecule has 6 heteroatoms. The summed E-state index contributed by atoms with van der Waals surface area (Å²) in [5.41, 5.74) is 0. The third-order valence-electron chi connectivity index (χ3n) is 2.08. The third-order valence-corrected chi connectivity index (χ3v) is 2.08. The molecule has 0 rings (SSSR count). The fraction of sp³-hybridized carbons (Fsp3) is 0.900. The normalized spacial score (nSPS) is 13.6. The SMILES string of the molecule is CCCCCNC(=O)C(C)NCC(F)(F)F. The average molecular weight is 240 g/mol. The van der Waals surface area contributed by atoms with Gasteiger partial charge in [0.2, 0.25) is 5.91 Å². The molecule has 2 N–H and O–H groups in total. The molecule has 0 aliphatic rings. The zero-order valence-corrected chi connectivity index (χ0v) is 9.66. The van der Waals surface area contributed by atoms with Crippen molar-refractivity contribution in [1.82, 2.24) is 10.6 Å². The van der Waals surface area contributed by atoms with Crippen molar-refractivity contribution in [2.75, 3.05) is 13.1 Å². The first-order chi connectivity index (χ1) is 7.37. The minimum atomic E-state index is -4.28. The van der Waals surface area contributed by atoms with E-state index in [0.717, 1.165) is 19.3 Å². The van der Waals surface area contributed by atoms with E-state index in [0.29, 0.717) is 6.54 Å². The van der Waals surface area contributed by atoms with E-state index >= 15 is 0 Å². The average Bonchev–Trinajstić information content (AvgIpc) is 2.19. The fourth-order valence-electron chi connectivity index (χ4n) is 1.10. The van der Waals surface area contributed by atoms with Crippen LogP contribution in [-0.2, 0) is 4.79 Å². The van der Waals surface area contributed by atoms with Crippen LogP contribution in [0.2, 0.25) is 0 Å². The Morgan fingerprint density at radius 3 is 2.44 bits per heavy atom. The third kappa shape index (κ3) is 8.52. The van der Waals surface area contributed by atoms with Crippen LogP contribution in [0.1, 0.15) is 33.1 Å². The van der Waals surface area contributed by atoms with Gasteiger partial charge in [0, 0.05) is 6.54 Å². The van der Waals surface area contributed by atoms with Gasteiger partial charge in [-0.25, -0.2) is 0 Å². The highest BCUT2D eigenvalue weighted by Crippen LogP contribution is 2.12. The maximum atomic E-state index is 11.8. The van der Waals surface area contributed by atoms with Gasteiger partial charge in [-0.15, -0.1) is 0 Å². The zero-order valence-electron chi connectivity index (χ0n) is 9.66. The van der Waals surface area contributed by atoms with Crippen molar-refractivity contribution in [3.63, 3.8) is 0 Å². The highest BCUT2D eigenvalue weighted by atomic mass is 19.4. The standard InChI is InChI=1S/C10H19F3N2O/c1-3-4-5-6-14-9(16)8(2)15-7-10(11,12)13/h8,15H,3-7H2,1-2H3,(H,14,16). The quantitative estimate of drug-likeness (QED) is 0.667. The Balaban J connectivity index is 3.65. The van der Waals surface area contributed by atoms with E-state index in [4.69, 9.17) is 0 Å². The Labute approximate surface area is 93.8 Å². The maximum Gasteiger partial charge on any atom is 0.401 e. The predicted molar refractivity (Wildman–Crippen MR) is 56.1 cm³/mol. The number of carbonyl (C=O) groups is 1. The van der Waals surface area contributed by atoms with E-state index in [-0.39, 0.29) is 5.91 Å². The molecule has 0 saturated heterocycles. The molecule has 0 aliphatic heterocycles. The maximum absolute atomic E-state index is 11.8. The van der Waals surface area contributed by atoms with Crippen LogP contribution in [0.25, 0.3) is 0 Å². The van der Waals surface area contributed by atoms with Gasteiger partial charge in [0.1, 0.15) is 0 Å². The molecule has 0 aliphatic carbocycles. The van der Waals surface area contributed by atoms with Gasteiger partial charge in [-0.2, -0.15) is 13.2 Å². The molecule has 1 amide bonds. The van der Waals surface area contributed by atoms with Crippen LogP contribution in [0.3, 0.4) is 0 Å². The first-order valence-electron chi connectivity index (χ1n) is 5.44. The molecule has 1 atom stereocenters. The van der Waals surface area contributed by atoms with E-state index in [1.807, 2.05) is 6.92 Å². The lowest BCUT2D eigenvalue weighted by Crippen LogP contribution is -2.45. The summed E-state index contributed by atoms with van der Waals surface area (Å²) in [6.45, 7) is 2.83. The zero-order chi connectivity index (χ0) is 12.6. The molecule has 16 heavy (non-hydrogen) atoms. The summed E-state index contributed by atoms with van der Waals surface area (Å²) in [5.74, 6) is -0.389. The minimum Gasteiger partial charge on any atom is -0.355 e. The number of hydrogen-bond donors (Lipinski definition) is 2. The van der Waals surface area contributed by atoms with Crippen LogP contribution in [0.15, 0.2) is 0 Å². The van der Waals surface area contributed by atoms with E-state index in [2.05, 4.69) is 10.6 Å². The Morgan fingerprint density at radius 2 is 1.94 bits per heavy atom. The van der Waals surface area contributed by atoms with Crippen molar-refractivity contribution in [2.45, 2.75) is 45.3 Å². The second-order valence-corrected chi connectivity index (χ2v) is 3.72. The van der Waals surface area contributed by atoms with Crippen molar-refractivity contribution in [3.8, 4) is 0 Å². The number of rotatable bonds is 7. The Bertz CT molecular complexity index is 207. The molecule has 0 aromatic rings. The van der Waals surface area contributed by atoms with Crippen LogP contribution in [-0.4, -0.2) is 31.2 Å². The van der Waals surface area contributed by atoms with Gasteiger partial charge >= 0.3 is 6.18 Å². The van der Waals surface area contributed by atoms with E-state index in [1.54, 1.807) is 0 Å². The Hall–Kier alpha value is -0.780. The van der Waals surface area contributed by atoms with Gasteiger partial charge < -0.3 is 5.32 Å². The second kappa shape index (κ2) is 7.49. The van der Waals surface area contributed by atoms with Crippen LogP contribution in [0.4, 0.5) is 13.2 Å². The van der Waals surface area contributed by atoms with Crippen molar-refractivity contribution in [3.05, 3.63) is 0 Å². The Morgan fingerprint density at radius 1 is 1.31 bits per heavy atom. The van der Waals surface area contributed by atoms with Crippen LogP contribution in [0, 0.1) is 0 Å².